The van der Waals surface area contributed by atoms with Crippen LogP contribution in [0.5, 0.6) is 0 Å². The predicted molar refractivity (Wildman–Crippen MR) is 110 cm³/mol. The third-order valence-corrected chi connectivity index (χ3v) is 6.01. The molecule has 1 aromatic rings. The number of nitrogens with one attached hydrogen (secondary N) is 2. The fraction of sp³-hybridized carbons (Fsp3) is 0.526. The summed E-state index contributed by atoms with van der Waals surface area (Å²) in [5.74, 6) is -0.649. The van der Waals surface area contributed by atoms with E-state index in [0.717, 1.165) is 11.3 Å². The molecule has 2 atom stereocenters. The topological polar surface area (TPSA) is 78.5 Å². The van der Waals surface area contributed by atoms with Gasteiger partial charge in [-0.3, -0.25) is 14.5 Å². The lowest BCUT2D eigenvalue weighted by molar-refractivity contribution is -0.136. The van der Waals surface area contributed by atoms with Gasteiger partial charge in [-0.25, -0.2) is 4.79 Å². The molecule has 0 bridgehead atoms. The maximum absolute atomic E-state index is 13.1. The zero-order valence-electron chi connectivity index (χ0n) is 15.9. The number of anilines is 1. The van der Waals surface area contributed by atoms with E-state index in [9.17, 15) is 14.4 Å². The fourth-order valence-electron chi connectivity index (χ4n) is 4.63. The van der Waals surface area contributed by atoms with Crippen molar-refractivity contribution >= 4 is 58.3 Å². The first-order chi connectivity index (χ1) is 12.9. The van der Waals surface area contributed by atoms with Crippen LogP contribution in [0, 0.1) is 11.3 Å². The first kappa shape index (κ1) is 21.2. The Hall–Kier alpha value is -1.50. The minimum atomic E-state index is -0.950. The van der Waals surface area contributed by atoms with E-state index in [0.29, 0.717) is 17.9 Å². The number of urea groups is 1. The van der Waals surface area contributed by atoms with Crippen molar-refractivity contribution in [1.82, 2.24) is 10.2 Å². The largest absolute Gasteiger partial charge is 0.325 e. The molecular formula is C19H22Cl3N3O3. The van der Waals surface area contributed by atoms with Crippen LogP contribution >= 0.6 is 34.8 Å². The molecule has 0 aromatic heterocycles. The summed E-state index contributed by atoms with van der Waals surface area (Å²) in [6.45, 7) is 5.83. The van der Waals surface area contributed by atoms with E-state index in [1.165, 1.54) is 12.1 Å². The zero-order chi connectivity index (χ0) is 20.9. The number of amides is 4. The normalized spacial score (nSPS) is 26.5. The van der Waals surface area contributed by atoms with E-state index < -0.39 is 24.0 Å². The summed E-state index contributed by atoms with van der Waals surface area (Å²) < 4.78 is 0. The minimum absolute atomic E-state index is 0.0801. The van der Waals surface area contributed by atoms with Gasteiger partial charge in [0.1, 0.15) is 12.1 Å². The van der Waals surface area contributed by atoms with Crippen molar-refractivity contribution < 1.29 is 14.4 Å². The van der Waals surface area contributed by atoms with Gasteiger partial charge in [0.15, 0.2) is 0 Å². The number of nitrogens with zero attached hydrogens (tertiary/aromatic N) is 1. The Morgan fingerprint density at radius 2 is 1.82 bits per heavy atom. The second-order valence-corrected chi connectivity index (χ2v) is 9.80. The average molecular weight is 447 g/mol. The van der Waals surface area contributed by atoms with Crippen molar-refractivity contribution in [3.8, 4) is 0 Å². The second kappa shape index (κ2) is 7.39. The van der Waals surface area contributed by atoms with Gasteiger partial charge in [-0.05, 0) is 42.7 Å². The van der Waals surface area contributed by atoms with Gasteiger partial charge in [0, 0.05) is 5.02 Å². The molecule has 9 heteroatoms. The van der Waals surface area contributed by atoms with Crippen LogP contribution in [-0.2, 0) is 9.59 Å². The van der Waals surface area contributed by atoms with Crippen LogP contribution in [0.25, 0.3) is 0 Å². The number of carbonyl (C=O) groups is 3. The van der Waals surface area contributed by atoms with Gasteiger partial charge >= 0.3 is 6.03 Å². The smallest absolute Gasteiger partial charge is 0.323 e. The molecule has 1 spiro atoms. The van der Waals surface area contributed by atoms with Gasteiger partial charge in [0.05, 0.1) is 15.7 Å². The Balaban J connectivity index is 1.75. The lowest BCUT2D eigenvalue weighted by atomic mass is 9.64. The van der Waals surface area contributed by atoms with Gasteiger partial charge in [-0.15, -0.1) is 0 Å². The number of halogens is 3. The molecule has 6 nitrogen and oxygen atoms in total. The van der Waals surface area contributed by atoms with Crippen molar-refractivity contribution in [1.29, 1.82) is 0 Å². The molecule has 1 saturated carbocycles. The molecule has 2 fully saturated rings. The van der Waals surface area contributed by atoms with E-state index in [4.69, 9.17) is 34.8 Å². The van der Waals surface area contributed by atoms with E-state index in [1.54, 1.807) is 0 Å². The van der Waals surface area contributed by atoms with Crippen LogP contribution in [-0.4, -0.2) is 34.8 Å². The van der Waals surface area contributed by atoms with Crippen LogP contribution in [0.2, 0.25) is 15.1 Å². The summed E-state index contributed by atoms with van der Waals surface area (Å²) in [5.41, 5.74) is -0.843. The highest BCUT2D eigenvalue weighted by molar-refractivity contribution is 6.42. The number of hydrogen-bond acceptors (Lipinski definition) is 3. The molecule has 152 valence electrons. The summed E-state index contributed by atoms with van der Waals surface area (Å²) in [6.07, 6.45) is 2.09. The van der Waals surface area contributed by atoms with E-state index in [1.807, 2.05) is 0 Å². The minimum Gasteiger partial charge on any atom is -0.323 e. The quantitative estimate of drug-likeness (QED) is 0.659. The van der Waals surface area contributed by atoms with Crippen molar-refractivity contribution in [3.05, 3.63) is 27.2 Å². The molecule has 3 rings (SSSR count). The Morgan fingerprint density at radius 3 is 2.39 bits per heavy atom. The van der Waals surface area contributed by atoms with Gasteiger partial charge in [0.25, 0.3) is 5.91 Å². The van der Waals surface area contributed by atoms with Gasteiger partial charge in [0.2, 0.25) is 5.91 Å². The van der Waals surface area contributed by atoms with Crippen LogP contribution in [0.1, 0.15) is 40.0 Å². The van der Waals surface area contributed by atoms with Crippen LogP contribution in [0.3, 0.4) is 0 Å². The molecule has 2 N–H and O–H groups in total. The first-order valence-corrected chi connectivity index (χ1v) is 10.1. The lowest BCUT2D eigenvalue weighted by Crippen LogP contribution is -2.54. The Kier molecular flexibility index (Phi) is 5.60. The predicted octanol–water partition coefficient (Wildman–Crippen LogP) is 4.72. The molecule has 28 heavy (non-hydrogen) atoms. The third-order valence-electron chi connectivity index (χ3n) is 5.20. The second-order valence-electron chi connectivity index (χ2n) is 8.55. The molecular weight excluding hydrogens is 425 g/mol. The third kappa shape index (κ3) is 4.09. The van der Waals surface area contributed by atoms with Crippen molar-refractivity contribution in [2.45, 2.75) is 45.6 Å². The molecule has 4 amide bonds. The Labute approximate surface area is 178 Å². The van der Waals surface area contributed by atoms with E-state index in [2.05, 4.69) is 31.4 Å². The summed E-state index contributed by atoms with van der Waals surface area (Å²) >= 11 is 18.0. The summed E-state index contributed by atoms with van der Waals surface area (Å²) in [6, 6.07) is 2.33. The van der Waals surface area contributed by atoms with Crippen molar-refractivity contribution in [3.63, 3.8) is 0 Å². The molecule has 1 aliphatic heterocycles. The zero-order valence-corrected chi connectivity index (χ0v) is 18.1. The van der Waals surface area contributed by atoms with Crippen molar-refractivity contribution in [2.75, 3.05) is 11.9 Å². The van der Waals surface area contributed by atoms with Gasteiger partial charge < -0.3 is 10.6 Å². The monoisotopic (exact) mass is 445 g/mol. The SMILES string of the molecule is C[C@@H]1CC(C)(C)C[C@@]2(C1)NC(=O)N(CC(=O)Nc1c(Cl)cc(Cl)cc1Cl)C2=O. The average Bonchev–Trinajstić information content (AvgIpc) is 2.72. The standard InChI is InChI=1S/C19H22Cl3N3O3/c1-10-6-18(2,3)9-19(7-10)16(27)25(17(28)24-19)8-14(26)23-15-12(21)4-11(20)5-13(15)22/h4-5,10H,6-9H2,1-3H3,(H,23,26)(H,24,28)/t10-,19-/m1/s1. The first-order valence-electron chi connectivity index (χ1n) is 9.01. The summed E-state index contributed by atoms with van der Waals surface area (Å²) in [5, 5.41) is 6.07. The maximum Gasteiger partial charge on any atom is 0.325 e. The highest BCUT2D eigenvalue weighted by Gasteiger charge is 2.56. The van der Waals surface area contributed by atoms with E-state index in [-0.39, 0.29) is 33.0 Å². The number of benzene rings is 1. The molecule has 1 saturated heterocycles. The fourth-order valence-corrected chi connectivity index (χ4v) is 5.55. The highest BCUT2D eigenvalue weighted by atomic mass is 35.5. The number of imide groups is 1. The van der Waals surface area contributed by atoms with Crippen LogP contribution < -0.4 is 10.6 Å². The molecule has 0 unspecified atom stereocenters. The number of carbonyl (C=O) groups excluding carboxylic acids is 3. The van der Waals surface area contributed by atoms with Crippen LogP contribution in [0.15, 0.2) is 12.1 Å². The highest BCUT2D eigenvalue weighted by Crippen LogP contribution is 2.46. The molecule has 0 radical (unpaired) electrons. The lowest BCUT2D eigenvalue weighted by Gasteiger charge is -2.43. The van der Waals surface area contributed by atoms with Crippen molar-refractivity contribution in [2.24, 2.45) is 11.3 Å². The van der Waals surface area contributed by atoms with Crippen LogP contribution in [0.4, 0.5) is 10.5 Å². The van der Waals surface area contributed by atoms with Gasteiger partial charge in [-0.2, -0.15) is 0 Å². The summed E-state index contributed by atoms with van der Waals surface area (Å²) in [4.78, 5) is 39.0. The number of rotatable bonds is 3. The summed E-state index contributed by atoms with van der Waals surface area (Å²) in [7, 11) is 0. The molecule has 1 aliphatic carbocycles. The Bertz CT molecular complexity index is 835. The van der Waals surface area contributed by atoms with E-state index >= 15 is 0 Å². The molecule has 2 aliphatic rings. The Morgan fingerprint density at radius 1 is 1.21 bits per heavy atom. The van der Waals surface area contributed by atoms with Gasteiger partial charge in [-0.1, -0.05) is 55.6 Å². The number of hydrogen-bond donors (Lipinski definition) is 2. The maximum atomic E-state index is 13.1. The molecule has 1 heterocycles. The molecule has 1 aromatic carbocycles.